The molecule has 1 aliphatic rings. The van der Waals surface area contributed by atoms with Crippen LogP contribution >= 0.6 is 0 Å². The summed E-state index contributed by atoms with van der Waals surface area (Å²) < 4.78 is 0. The second-order valence-corrected chi connectivity index (χ2v) is 6.16. The minimum absolute atomic E-state index is 0.309. The van der Waals surface area contributed by atoms with Crippen LogP contribution in [0.5, 0.6) is 0 Å². The van der Waals surface area contributed by atoms with Crippen LogP contribution in [0.1, 0.15) is 25.8 Å². The molecule has 0 saturated carbocycles. The van der Waals surface area contributed by atoms with Gasteiger partial charge in [-0.15, -0.1) is 0 Å². The molecule has 0 amide bonds. The topological polar surface area (TPSA) is 18.8 Å². The van der Waals surface area contributed by atoms with Gasteiger partial charge in [0.15, 0.2) is 0 Å². The number of hydrogen-bond acceptors (Lipinski definition) is 3. The number of rotatable bonds is 3. The summed E-state index contributed by atoms with van der Waals surface area (Å²) in [5.41, 5.74) is 3.30. The standard InChI is InChI=1S/C21H25N3/c1-5-16-21(6-2)18-14-10-11-15-19(18)24(4)20(22-21)23(3)17-12-8-7-9-13-17/h5,7-16H,6H2,1-4H3/b16-5+. The van der Waals surface area contributed by atoms with Crippen LogP contribution in [0.3, 0.4) is 0 Å². The van der Waals surface area contributed by atoms with Crippen molar-refractivity contribution >= 4 is 17.3 Å². The molecule has 1 atom stereocenters. The quantitative estimate of drug-likeness (QED) is 0.756. The monoisotopic (exact) mass is 319 g/mol. The van der Waals surface area contributed by atoms with E-state index in [1.165, 1.54) is 11.3 Å². The van der Waals surface area contributed by atoms with E-state index in [-0.39, 0.29) is 5.54 Å². The first kappa shape index (κ1) is 16.3. The molecule has 124 valence electrons. The Morgan fingerprint density at radius 1 is 1.08 bits per heavy atom. The SMILES string of the molecule is C/C=C/C1(CC)N=C(N(C)c2ccccc2)N(C)c2ccccc21. The number of para-hydroxylation sites is 2. The lowest BCUT2D eigenvalue weighted by molar-refractivity contribution is 0.534. The summed E-state index contributed by atoms with van der Waals surface area (Å²) in [4.78, 5) is 9.54. The molecule has 3 rings (SSSR count). The summed E-state index contributed by atoms with van der Waals surface area (Å²) in [6.45, 7) is 4.26. The molecule has 0 aliphatic carbocycles. The Labute approximate surface area is 144 Å². The molecule has 0 bridgehead atoms. The minimum Gasteiger partial charge on any atom is -0.315 e. The first-order chi connectivity index (χ1) is 11.6. The van der Waals surface area contributed by atoms with E-state index in [1.807, 2.05) is 6.07 Å². The first-order valence-corrected chi connectivity index (χ1v) is 8.48. The van der Waals surface area contributed by atoms with Crippen LogP contribution in [-0.2, 0) is 5.54 Å². The predicted octanol–water partition coefficient (Wildman–Crippen LogP) is 4.81. The third-order valence-corrected chi connectivity index (χ3v) is 4.76. The summed E-state index contributed by atoms with van der Waals surface area (Å²) in [7, 11) is 4.17. The molecule has 0 N–H and O–H groups in total. The fraction of sp³-hybridized carbons (Fsp3) is 0.286. The Hall–Kier alpha value is -2.55. The van der Waals surface area contributed by atoms with Crippen LogP contribution in [0.25, 0.3) is 0 Å². The Morgan fingerprint density at radius 3 is 2.42 bits per heavy atom. The predicted molar refractivity (Wildman–Crippen MR) is 104 cm³/mol. The summed E-state index contributed by atoms with van der Waals surface area (Å²) in [6.07, 6.45) is 5.25. The Balaban J connectivity index is 2.16. The van der Waals surface area contributed by atoms with Crippen molar-refractivity contribution in [2.75, 3.05) is 23.9 Å². The molecule has 0 aromatic heterocycles. The van der Waals surface area contributed by atoms with Gasteiger partial charge in [-0.1, -0.05) is 55.5 Å². The molecule has 1 unspecified atom stereocenters. The number of allylic oxidation sites excluding steroid dienone is 1. The van der Waals surface area contributed by atoms with Gasteiger partial charge < -0.3 is 9.80 Å². The molecule has 2 aromatic rings. The zero-order chi connectivity index (χ0) is 17.2. The Bertz CT molecular complexity index is 764. The number of fused-ring (bicyclic) bond motifs is 1. The van der Waals surface area contributed by atoms with Gasteiger partial charge in [0.05, 0.1) is 0 Å². The molecule has 0 spiro atoms. The lowest BCUT2D eigenvalue weighted by Crippen LogP contribution is -2.46. The van der Waals surface area contributed by atoms with Crippen molar-refractivity contribution in [3.63, 3.8) is 0 Å². The average Bonchev–Trinajstić information content (AvgIpc) is 2.64. The van der Waals surface area contributed by atoms with Gasteiger partial charge >= 0.3 is 0 Å². The number of hydrogen-bond donors (Lipinski definition) is 0. The number of nitrogens with zero attached hydrogens (tertiary/aromatic N) is 3. The Morgan fingerprint density at radius 2 is 1.75 bits per heavy atom. The second kappa shape index (κ2) is 6.52. The highest BCUT2D eigenvalue weighted by Gasteiger charge is 2.36. The minimum atomic E-state index is -0.309. The summed E-state index contributed by atoms with van der Waals surface area (Å²) >= 11 is 0. The molecular formula is C21H25N3. The van der Waals surface area contributed by atoms with Gasteiger partial charge in [0.25, 0.3) is 0 Å². The third-order valence-electron chi connectivity index (χ3n) is 4.76. The van der Waals surface area contributed by atoms with Crippen molar-refractivity contribution in [3.8, 4) is 0 Å². The average molecular weight is 319 g/mol. The smallest absolute Gasteiger partial charge is 0.206 e. The molecular weight excluding hydrogens is 294 g/mol. The zero-order valence-corrected chi connectivity index (χ0v) is 14.9. The lowest BCUT2D eigenvalue weighted by Gasteiger charge is -2.41. The van der Waals surface area contributed by atoms with E-state index in [1.54, 1.807) is 0 Å². The summed E-state index contributed by atoms with van der Waals surface area (Å²) in [5, 5.41) is 0. The molecule has 0 fully saturated rings. The molecule has 0 radical (unpaired) electrons. The third kappa shape index (κ3) is 2.60. The van der Waals surface area contributed by atoms with E-state index >= 15 is 0 Å². The van der Waals surface area contributed by atoms with Crippen LogP contribution in [0.4, 0.5) is 11.4 Å². The van der Waals surface area contributed by atoms with Crippen molar-refractivity contribution in [3.05, 3.63) is 72.3 Å². The molecule has 2 aromatic carbocycles. The van der Waals surface area contributed by atoms with Crippen molar-refractivity contribution in [1.29, 1.82) is 0 Å². The zero-order valence-electron chi connectivity index (χ0n) is 14.9. The molecule has 0 saturated heterocycles. The van der Waals surface area contributed by atoms with E-state index in [4.69, 9.17) is 4.99 Å². The fourth-order valence-electron chi connectivity index (χ4n) is 3.41. The van der Waals surface area contributed by atoms with E-state index in [9.17, 15) is 0 Å². The van der Waals surface area contributed by atoms with Gasteiger partial charge in [0.2, 0.25) is 5.96 Å². The van der Waals surface area contributed by atoms with Crippen LogP contribution in [0.15, 0.2) is 71.7 Å². The highest BCUT2D eigenvalue weighted by molar-refractivity contribution is 6.08. The Kier molecular flexibility index (Phi) is 4.43. The molecule has 1 aliphatic heterocycles. The van der Waals surface area contributed by atoms with Crippen molar-refractivity contribution < 1.29 is 0 Å². The maximum absolute atomic E-state index is 5.20. The van der Waals surface area contributed by atoms with E-state index < -0.39 is 0 Å². The highest BCUT2D eigenvalue weighted by atomic mass is 15.4. The molecule has 24 heavy (non-hydrogen) atoms. The fourth-order valence-corrected chi connectivity index (χ4v) is 3.41. The van der Waals surface area contributed by atoms with Crippen LogP contribution in [0, 0.1) is 0 Å². The second-order valence-electron chi connectivity index (χ2n) is 6.16. The molecule has 3 heteroatoms. The van der Waals surface area contributed by atoms with Gasteiger partial charge in [0, 0.05) is 31.0 Å². The van der Waals surface area contributed by atoms with Crippen molar-refractivity contribution in [1.82, 2.24) is 0 Å². The number of guanidine groups is 1. The van der Waals surface area contributed by atoms with E-state index in [0.29, 0.717) is 0 Å². The van der Waals surface area contributed by atoms with Crippen LogP contribution < -0.4 is 9.80 Å². The van der Waals surface area contributed by atoms with Crippen molar-refractivity contribution in [2.45, 2.75) is 25.8 Å². The first-order valence-electron chi connectivity index (χ1n) is 8.48. The van der Waals surface area contributed by atoms with E-state index in [2.05, 4.69) is 98.4 Å². The normalized spacial score (nSPS) is 20.0. The maximum atomic E-state index is 5.20. The summed E-state index contributed by atoms with van der Waals surface area (Å²) in [5.74, 6) is 0.958. The van der Waals surface area contributed by atoms with Gasteiger partial charge in [0.1, 0.15) is 5.54 Å². The van der Waals surface area contributed by atoms with E-state index in [0.717, 1.165) is 18.1 Å². The number of benzene rings is 2. The van der Waals surface area contributed by atoms with Gasteiger partial charge in [-0.2, -0.15) is 0 Å². The van der Waals surface area contributed by atoms with Gasteiger partial charge in [-0.05, 0) is 31.5 Å². The largest absolute Gasteiger partial charge is 0.315 e. The van der Waals surface area contributed by atoms with Gasteiger partial charge in [-0.3, -0.25) is 0 Å². The van der Waals surface area contributed by atoms with Crippen LogP contribution in [-0.4, -0.2) is 20.1 Å². The highest BCUT2D eigenvalue weighted by Crippen LogP contribution is 2.41. The van der Waals surface area contributed by atoms with Crippen molar-refractivity contribution in [2.24, 2.45) is 4.99 Å². The molecule has 1 heterocycles. The lowest BCUT2D eigenvalue weighted by atomic mass is 9.84. The number of aliphatic imine (C=N–C) groups is 1. The number of anilines is 2. The van der Waals surface area contributed by atoms with Crippen LogP contribution in [0.2, 0.25) is 0 Å². The van der Waals surface area contributed by atoms with Gasteiger partial charge in [-0.25, -0.2) is 4.99 Å². The molecule has 3 nitrogen and oxygen atoms in total. The summed E-state index contributed by atoms with van der Waals surface area (Å²) in [6, 6.07) is 18.9. The maximum Gasteiger partial charge on any atom is 0.206 e.